The van der Waals surface area contributed by atoms with Gasteiger partial charge in [-0.3, -0.25) is 4.79 Å². The normalized spacial score (nSPS) is 10.8. The molecule has 96 valence electrons. The summed E-state index contributed by atoms with van der Waals surface area (Å²) in [6.45, 7) is 1.13. The minimum absolute atomic E-state index is 0.123. The quantitative estimate of drug-likeness (QED) is 0.704. The summed E-state index contributed by atoms with van der Waals surface area (Å²) in [7, 11) is 1.83. The molecule has 5 heteroatoms. The van der Waals surface area contributed by atoms with E-state index in [1.54, 1.807) is 24.3 Å². The van der Waals surface area contributed by atoms with Gasteiger partial charge in [0.15, 0.2) is 0 Å². The van der Waals surface area contributed by atoms with E-state index in [-0.39, 0.29) is 11.7 Å². The second-order valence-corrected chi connectivity index (χ2v) is 4.23. The van der Waals surface area contributed by atoms with E-state index in [0.717, 1.165) is 17.3 Å². The summed E-state index contributed by atoms with van der Waals surface area (Å²) in [4.78, 5) is 12.0. The van der Waals surface area contributed by atoms with Crippen LogP contribution in [0.1, 0.15) is 16.9 Å². The molecule has 0 unspecified atom stereocenters. The van der Waals surface area contributed by atoms with Crippen molar-refractivity contribution in [1.29, 1.82) is 0 Å². The van der Waals surface area contributed by atoms with Gasteiger partial charge in [0.25, 0.3) is 5.91 Å². The van der Waals surface area contributed by atoms with Gasteiger partial charge in [-0.2, -0.15) is 0 Å². The minimum atomic E-state index is -0.123. The van der Waals surface area contributed by atoms with Crippen molar-refractivity contribution in [2.24, 2.45) is 12.8 Å². The number of carbonyl (C=O) groups excluding carboxylic acids is 1. The molecule has 0 spiro atoms. The van der Waals surface area contributed by atoms with Crippen LogP contribution in [0, 0.1) is 0 Å². The van der Waals surface area contributed by atoms with Gasteiger partial charge in [-0.15, -0.1) is 0 Å². The zero-order valence-electron chi connectivity index (χ0n) is 10.3. The first-order valence-electron chi connectivity index (χ1n) is 5.90. The molecular formula is C13H17N3O2. The zero-order chi connectivity index (χ0) is 13.1. The Bertz CT molecular complexity index is 575. The lowest BCUT2D eigenvalue weighted by Crippen LogP contribution is -2.27. The number of nitrogens with one attached hydrogen (secondary N) is 1. The maximum Gasteiger partial charge on any atom is 0.267 e. The predicted octanol–water partition coefficient (Wildman–Crippen LogP) is 0.962. The molecule has 0 saturated carbocycles. The number of hydrogen-bond acceptors (Lipinski definition) is 3. The summed E-state index contributed by atoms with van der Waals surface area (Å²) in [6, 6.07) is 6.82. The van der Waals surface area contributed by atoms with Gasteiger partial charge in [-0.1, -0.05) is 0 Å². The summed E-state index contributed by atoms with van der Waals surface area (Å²) in [5.41, 5.74) is 6.87. The summed E-state index contributed by atoms with van der Waals surface area (Å²) >= 11 is 0. The number of carbonyl (C=O) groups is 1. The molecular weight excluding hydrogens is 230 g/mol. The molecule has 0 aliphatic carbocycles. The Labute approximate surface area is 105 Å². The number of fused-ring (bicyclic) bond motifs is 1. The Morgan fingerprint density at radius 2 is 2.22 bits per heavy atom. The molecule has 1 aromatic carbocycles. The first-order chi connectivity index (χ1) is 8.63. The number of phenolic OH excluding ortho intramolecular Hbond substituents is 1. The van der Waals surface area contributed by atoms with E-state index in [1.165, 1.54) is 0 Å². The van der Waals surface area contributed by atoms with Gasteiger partial charge in [0, 0.05) is 24.5 Å². The van der Waals surface area contributed by atoms with Gasteiger partial charge >= 0.3 is 0 Å². The summed E-state index contributed by atoms with van der Waals surface area (Å²) in [5, 5.41) is 13.1. The van der Waals surface area contributed by atoms with E-state index >= 15 is 0 Å². The minimum Gasteiger partial charge on any atom is -0.508 e. The van der Waals surface area contributed by atoms with E-state index in [2.05, 4.69) is 5.32 Å². The molecule has 18 heavy (non-hydrogen) atoms. The zero-order valence-corrected chi connectivity index (χ0v) is 10.3. The van der Waals surface area contributed by atoms with Crippen LogP contribution in [0.5, 0.6) is 5.75 Å². The SMILES string of the molecule is Cn1c(C(=O)NCCCN)cc2cc(O)ccc21. The average molecular weight is 247 g/mol. The van der Waals surface area contributed by atoms with Crippen LogP contribution < -0.4 is 11.1 Å². The Balaban J connectivity index is 2.28. The third-order valence-corrected chi connectivity index (χ3v) is 2.93. The highest BCUT2D eigenvalue weighted by atomic mass is 16.3. The lowest BCUT2D eigenvalue weighted by Gasteiger charge is -2.05. The Morgan fingerprint density at radius 1 is 1.44 bits per heavy atom. The fourth-order valence-electron chi connectivity index (χ4n) is 1.95. The number of hydrogen-bond donors (Lipinski definition) is 3. The second kappa shape index (κ2) is 5.10. The number of aryl methyl sites for hydroxylation is 1. The number of nitrogens with two attached hydrogens (primary N) is 1. The van der Waals surface area contributed by atoms with E-state index in [4.69, 9.17) is 5.73 Å². The van der Waals surface area contributed by atoms with Crippen molar-refractivity contribution in [3.8, 4) is 5.75 Å². The summed E-state index contributed by atoms with van der Waals surface area (Å²) < 4.78 is 1.81. The van der Waals surface area contributed by atoms with E-state index < -0.39 is 0 Å². The molecule has 0 fully saturated rings. The van der Waals surface area contributed by atoms with Gasteiger partial charge in [-0.25, -0.2) is 0 Å². The van der Waals surface area contributed by atoms with Crippen molar-refractivity contribution in [1.82, 2.24) is 9.88 Å². The van der Waals surface area contributed by atoms with Crippen molar-refractivity contribution in [3.63, 3.8) is 0 Å². The highest BCUT2D eigenvalue weighted by Gasteiger charge is 2.12. The molecule has 0 bridgehead atoms. The van der Waals surface area contributed by atoms with Crippen molar-refractivity contribution in [3.05, 3.63) is 30.0 Å². The van der Waals surface area contributed by atoms with Gasteiger partial charge in [0.05, 0.1) is 0 Å². The number of aromatic nitrogens is 1. The van der Waals surface area contributed by atoms with Crippen LogP contribution in [0.15, 0.2) is 24.3 Å². The lowest BCUT2D eigenvalue weighted by atomic mass is 10.2. The Kier molecular flexibility index (Phi) is 3.53. The lowest BCUT2D eigenvalue weighted by molar-refractivity contribution is 0.0946. The first kappa shape index (κ1) is 12.4. The highest BCUT2D eigenvalue weighted by molar-refractivity contribution is 5.98. The molecule has 0 saturated heterocycles. The maximum absolute atomic E-state index is 12.0. The van der Waals surface area contributed by atoms with Crippen LogP contribution in [-0.4, -0.2) is 28.7 Å². The smallest absolute Gasteiger partial charge is 0.267 e. The van der Waals surface area contributed by atoms with Crippen molar-refractivity contribution >= 4 is 16.8 Å². The van der Waals surface area contributed by atoms with E-state index in [9.17, 15) is 9.90 Å². The molecule has 2 aromatic rings. The standard InChI is InChI=1S/C13H17N3O2/c1-16-11-4-3-10(17)7-9(11)8-12(16)13(18)15-6-2-5-14/h3-4,7-8,17H,2,5-6,14H2,1H3,(H,15,18). The Morgan fingerprint density at radius 3 is 2.94 bits per heavy atom. The number of phenols is 1. The molecule has 0 aliphatic heterocycles. The molecule has 0 radical (unpaired) electrons. The third kappa shape index (κ3) is 2.31. The topological polar surface area (TPSA) is 80.3 Å². The largest absolute Gasteiger partial charge is 0.508 e. The molecule has 1 aromatic heterocycles. The molecule has 1 amide bonds. The Hall–Kier alpha value is -2.01. The van der Waals surface area contributed by atoms with Crippen molar-refractivity contribution in [2.45, 2.75) is 6.42 Å². The monoisotopic (exact) mass is 247 g/mol. The highest BCUT2D eigenvalue weighted by Crippen LogP contribution is 2.22. The van der Waals surface area contributed by atoms with E-state index in [0.29, 0.717) is 18.8 Å². The van der Waals surface area contributed by atoms with Crippen molar-refractivity contribution in [2.75, 3.05) is 13.1 Å². The van der Waals surface area contributed by atoms with Gasteiger partial charge in [0.1, 0.15) is 11.4 Å². The number of rotatable bonds is 4. The van der Waals surface area contributed by atoms with Crippen LogP contribution in [0.4, 0.5) is 0 Å². The summed E-state index contributed by atoms with van der Waals surface area (Å²) in [5.74, 6) is 0.0739. The van der Waals surface area contributed by atoms with Gasteiger partial charge < -0.3 is 20.7 Å². The first-order valence-corrected chi connectivity index (χ1v) is 5.90. The predicted molar refractivity (Wildman–Crippen MR) is 70.6 cm³/mol. The second-order valence-electron chi connectivity index (χ2n) is 4.23. The summed E-state index contributed by atoms with van der Waals surface area (Å²) in [6.07, 6.45) is 0.760. The molecule has 0 aliphatic rings. The molecule has 2 rings (SSSR count). The average Bonchev–Trinajstić information content (AvgIpc) is 2.66. The van der Waals surface area contributed by atoms with Crippen molar-refractivity contribution < 1.29 is 9.90 Å². The van der Waals surface area contributed by atoms with Gasteiger partial charge in [-0.05, 0) is 37.2 Å². The molecule has 1 heterocycles. The molecule has 5 nitrogen and oxygen atoms in total. The fraction of sp³-hybridized carbons (Fsp3) is 0.308. The number of benzene rings is 1. The van der Waals surface area contributed by atoms with Gasteiger partial charge in [0.2, 0.25) is 0 Å². The maximum atomic E-state index is 12.0. The van der Waals surface area contributed by atoms with Crippen LogP contribution in [0.3, 0.4) is 0 Å². The number of amides is 1. The van der Waals surface area contributed by atoms with Crippen LogP contribution in [0.25, 0.3) is 10.9 Å². The fourth-order valence-corrected chi connectivity index (χ4v) is 1.95. The molecule has 0 atom stereocenters. The number of nitrogens with zero attached hydrogens (tertiary/aromatic N) is 1. The third-order valence-electron chi connectivity index (χ3n) is 2.93. The number of aromatic hydroxyl groups is 1. The van der Waals surface area contributed by atoms with E-state index in [1.807, 2.05) is 11.6 Å². The molecule has 4 N–H and O–H groups in total. The van der Waals surface area contributed by atoms with Crippen LogP contribution in [0.2, 0.25) is 0 Å². The van der Waals surface area contributed by atoms with Crippen LogP contribution in [-0.2, 0) is 7.05 Å². The van der Waals surface area contributed by atoms with Crippen LogP contribution >= 0.6 is 0 Å².